The monoisotopic (exact) mass is 299 g/mol. The van der Waals surface area contributed by atoms with Gasteiger partial charge in [-0.1, -0.05) is 0 Å². The number of H-pyrrole nitrogens is 1. The minimum atomic E-state index is -4.67. The van der Waals surface area contributed by atoms with Gasteiger partial charge in [0.05, 0.1) is 11.1 Å². The number of hydrogen-bond acceptors (Lipinski definition) is 3. The second-order valence-electron chi connectivity index (χ2n) is 4.52. The Labute approximate surface area is 115 Å². The van der Waals surface area contributed by atoms with Crippen LogP contribution in [0.5, 0.6) is 0 Å². The number of halogens is 4. The summed E-state index contributed by atoms with van der Waals surface area (Å²) in [5, 5.41) is 9.30. The maximum atomic E-state index is 13.1. The van der Waals surface area contributed by atoms with E-state index in [4.69, 9.17) is 5.73 Å². The van der Waals surface area contributed by atoms with Crippen LogP contribution in [0, 0.1) is 12.7 Å². The number of rotatable bonds is 1. The van der Waals surface area contributed by atoms with Crippen LogP contribution in [-0.4, -0.2) is 20.0 Å². The van der Waals surface area contributed by atoms with Crippen molar-refractivity contribution >= 4 is 16.9 Å². The van der Waals surface area contributed by atoms with E-state index < -0.39 is 17.7 Å². The van der Waals surface area contributed by atoms with Crippen LogP contribution in [0.4, 0.5) is 23.4 Å². The van der Waals surface area contributed by atoms with Crippen LogP contribution < -0.4 is 5.73 Å². The number of aromatic amines is 1. The Balaban J connectivity index is 2.34. The van der Waals surface area contributed by atoms with Gasteiger partial charge in [-0.15, -0.1) is 0 Å². The van der Waals surface area contributed by atoms with Gasteiger partial charge >= 0.3 is 6.18 Å². The highest BCUT2D eigenvalue weighted by molar-refractivity contribution is 5.90. The summed E-state index contributed by atoms with van der Waals surface area (Å²) in [4.78, 5) is 0. The number of alkyl halides is 3. The Morgan fingerprint density at radius 3 is 2.62 bits per heavy atom. The maximum Gasteiger partial charge on any atom is 0.436 e. The lowest BCUT2D eigenvalue weighted by Crippen LogP contribution is -2.09. The number of nitrogens with one attached hydrogen (secondary N) is 1. The predicted octanol–water partition coefficient (Wildman–Crippen LogP) is 2.80. The van der Waals surface area contributed by atoms with Crippen LogP contribution in [0.25, 0.3) is 16.7 Å². The van der Waals surface area contributed by atoms with Crippen molar-refractivity contribution in [2.75, 3.05) is 5.73 Å². The lowest BCUT2D eigenvalue weighted by molar-refractivity contribution is -0.140. The van der Waals surface area contributed by atoms with Crippen molar-refractivity contribution in [3.63, 3.8) is 0 Å². The third kappa shape index (κ3) is 2.01. The normalized spacial score (nSPS) is 12.2. The zero-order chi connectivity index (χ0) is 15.4. The molecule has 0 saturated carbocycles. The Hall–Kier alpha value is -2.58. The second-order valence-corrected chi connectivity index (χ2v) is 4.52. The molecular weight excluding hydrogens is 290 g/mol. The molecular formula is C12H9F4N5. The zero-order valence-electron chi connectivity index (χ0n) is 10.7. The molecule has 3 N–H and O–H groups in total. The fraction of sp³-hybridized carbons (Fsp3) is 0.167. The molecule has 9 heteroatoms. The first-order valence-electron chi connectivity index (χ1n) is 5.85. The van der Waals surface area contributed by atoms with Crippen molar-refractivity contribution in [3.05, 3.63) is 35.3 Å². The van der Waals surface area contributed by atoms with Crippen LogP contribution in [0.2, 0.25) is 0 Å². The van der Waals surface area contributed by atoms with Gasteiger partial charge in [-0.3, -0.25) is 5.10 Å². The summed E-state index contributed by atoms with van der Waals surface area (Å²) in [7, 11) is 0. The Kier molecular flexibility index (Phi) is 2.68. The van der Waals surface area contributed by atoms with Crippen molar-refractivity contribution in [1.29, 1.82) is 0 Å². The van der Waals surface area contributed by atoms with E-state index in [0.717, 1.165) is 10.7 Å². The van der Waals surface area contributed by atoms with Gasteiger partial charge in [-0.05, 0) is 30.7 Å². The van der Waals surface area contributed by atoms with Gasteiger partial charge in [-0.2, -0.15) is 23.4 Å². The highest BCUT2D eigenvalue weighted by Crippen LogP contribution is 2.36. The van der Waals surface area contributed by atoms with E-state index in [9.17, 15) is 17.6 Å². The summed E-state index contributed by atoms with van der Waals surface area (Å²) in [5.41, 5.74) is 5.02. The Morgan fingerprint density at radius 2 is 2.00 bits per heavy atom. The van der Waals surface area contributed by atoms with Gasteiger partial charge in [0.15, 0.2) is 11.3 Å². The van der Waals surface area contributed by atoms with E-state index in [1.54, 1.807) is 6.92 Å². The fourth-order valence-electron chi connectivity index (χ4n) is 2.15. The van der Waals surface area contributed by atoms with Gasteiger partial charge < -0.3 is 5.73 Å². The molecule has 1 aromatic carbocycles. The Morgan fingerprint density at radius 1 is 1.29 bits per heavy atom. The fourth-order valence-corrected chi connectivity index (χ4v) is 2.15. The van der Waals surface area contributed by atoms with E-state index in [0.29, 0.717) is 11.3 Å². The number of benzene rings is 1. The first-order chi connectivity index (χ1) is 9.79. The van der Waals surface area contributed by atoms with Crippen LogP contribution in [0.3, 0.4) is 0 Å². The molecule has 110 valence electrons. The summed E-state index contributed by atoms with van der Waals surface area (Å²) in [6.45, 7) is 1.56. The van der Waals surface area contributed by atoms with Crippen LogP contribution in [0.15, 0.2) is 18.2 Å². The topological polar surface area (TPSA) is 72.5 Å². The van der Waals surface area contributed by atoms with Gasteiger partial charge in [0.1, 0.15) is 11.6 Å². The molecule has 5 nitrogen and oxygen atoms in total. The van der Waals surface area contributed by atoms with Crippen molar-refractivity contribution in [1.82, 2.24) is 20.0 Å². The van der Waals surface area contributed by atoms with Gasteiger partial charge in [0, 0.05) is 0 Å². The summed E-state index contributed by atoms with van der Waals surface area (Å²) in [6.07, 6.45) is -4.67. The minimum Gasteiger partial charge on any atom is -0.383 e. The first-order valence-corrected chi connectivity index (χ1v) is 5.85. The van der Waals surface area contributed by atoms with E-state index >= 15 is 0 Å². The highest BCUT2D eigenvalue weighted by atomic mass is 19.4. The van der Waals surface area contributed by atoms with Gasteiger partial charge in [0.2, 0.25) is 0 Å². The molecule has 0 radical (unpaired) electrons. The summed E-state index contributed by atoms with van der Waals surface area (Å²) < 4.78 is 53.2. The lowest BCUT2D eigenvalue weighted by Gasteiger charge is -2.06. The number of nitrogens with zero attached hydrogens (tertiary/aromatic N) is 3. The molecule has 0 atom stereocenters. The minimum absolute atomic E-state index is 0.0606. The largest absolute Gasteiger partial charge is 0.436 e. The molecule has 0 aliphatic rings. The third-order valence-electron chi connectivity index (χ3n) is 3.07. The molecule has 0 aliphatic carbocycles. The smallest absolute Gasteiger partial charge is 0.383 e. The summed E-state index contributed by atoms with van der Waals surface area (Å²) in [6, 6.07) is 3.67. The maximum absolute atomic E-state index is 13.1. The van der Waals surface area contributed by atoms with Crippen LogP contribution in [0.1, 0.15) is 11.3 Å². The van der Waals surface area contributed by atoms with Crippen molar-refractivity contribution in [2.45, 2.75) is 13.1 Å². The molecule has 0 unspecified atom stereocenters. The molecule has 0 amide bonds. The van der Waals surface area contributed by atoms with Crippen LogP contribution >= 0.6 is 0 Å². The first kappa shape index (κ1) is 13.4. The van der Waals surface area contributed by atoms with E-state index in [2.05, 4.69) is 15.3 Å². The third-order valence-corrected chi connectivity index (χ3v) is 3.07. The molecule has 3 rings (SSSR count). The standard InChI is InChI=1S/C12H9F4N5/c1-5-4-6(13)2-3-7(5)21-11-8(10(17)18-19-11)9(20-21)12(14,15)16/h2-4H,1H3,(H3,17,18,19). The molecule has 0 saturated heterocycles. The van der Waals surface area contributed by atoms with Gasteiger partial charge in [-0.25, -0.2) is 9.07 Å². The number of aromatic nitrogens is 4. The average Bonchev–Trinajstić information content (AvgIpc) is 2.90. The van der Waals surface area contributed by atoms with Crippen molar-refractivity contribution < 1.29 is 17.6 Å². The quantitative estimate of drug-likeness (QED) is 0.679. The molecule has 0 aliphatic heterocycles. The average molecular weight is 299 g/mol. The molecule has 0 bridgehead atoms. The highest BCUT2D eigenvalue weighted by Gasteiger charge is 2.39. The Bertz CT molecular complexity index is 830. The number of hydrogen-bond donors (Lipinski definition) is 2. The van der Waals surface area contributed by atoms with E-state index in [1.807, 2.05) is 0 Å². The van der Waals surface area contributed by atoms with Gasteiger partial charge in [0.25, 0.3) is 0 Å². The SMILES string of the molecule is Cc1cc(F)ccc1-n1nc(C(F)(F)F)c2c(N)[nH]nc21. The number of aryl methyl sites for hydroxylation is 1. The number of anilines is 1. The molecule has 0 spiro atoms. The molecule has 3 aromatic rings. The molecule has 2 aromatic heterocycles. The van der Waals surface area contributed by atoms with E-state index in [1.165, 1.54) is 12.1 Å². The van der Waals surface area contributed by atoms with E-state index in [-0.39, 0.29) is 16.9 Å². The van der Waals surface area contributed by atoms with Crippen molar-refractivity contribution in [3.8, 4) is 5.69 Å². The number of nitrogens with two attached hydrogens (primary N) is 1. The second kappa shape index (κ2) is 4.21. The van der Waals surface area contributed by atoms with Crippen molar-refractivity contribution in [2.24, 2.45) is 0 Å². The van der Waals surface area contributed by atoms with Crippen LogP contribution in [-0.2, 0) is 6.18 Å². The summed E-state index contributed by atoms with van der Waals surface area (Å²) >= 11 is 0. The summed E-state index contributed by atoms with van der Waals surface area (Å²) in [5.74, 6) is -0.708. The number of nitrogen functional groups attached to an aromatic ring is 1. The number of fused-ring (bicyclic) bond motifs is 1. The zero-order valence-corrected chi connectivity index (χ0v) is 10.7. The molecule has 21 heavy (non-hydrogen) atoms. The molecule has 0 fully saturated rings. The lowest BCUT2D eigenvalue weighted by atomic mass is 10.2. The molecule has 2 heterocycles. The predicted molar refractivity (Wildman–Crippen MR) is 67.3 cm³/mol.